The summed E-state index contributed by atoms with van der Waals surface area (Å²) in [5, 5.41) is 0. The minimum Gasteiger partial charge on any atom is -0.466 e. The van der Waals surface area contributed by atoms with Gasteiger partial charge in [-0.05, 0) is 69.7 Å². The van der Waals surface area contributed by atoms with Gasteiger partial charge in [-0.15, -0.1) is 0 Å². The zero-order valence-corrected chi connectivity index (χ0v) is 40.0. The lowest BCUT2D eigenvalue weighted by Gasteiger charge is -2.26. The zero-order chi connectivity index (χ0) is 42.7. The smallest absolute Gasteiger partial charge is 0.305 e. The summed E-state index contributed by atoms with van der Waals surface area (Å²) in [5.41, 5.74) is 0. The first-order chi connectivity index (χ1) is 29.0. The number of nitrogens with zero attached hydrogens (tertiary/aromatic N) is 1. The number of rotatable bonds is 45. The molecule has 7 heteroatoms. The molecule has 0 aromatic rings. The largest absolute Gasteiger partial charge is 0.466 e. The number of morpholine rings is 1. The molecule has 0 amide bonds. The Bertz CT molecular complexity index is 874. The highest BCUT2D eigenvalue weighted by molar-refractivity contribution is 5.69. The maximum absolute atomic E-state index is 12.4. The summed E-state index contributed by atoms with van der Waals surface area (Å²) in [5.74, 6) is 1.43. The van der Waals surface area contributed by atoms with Crippen LogP contribution in [0.1, 0.15) is 252 Å². The molecule has 7 nitrogen and oxygen atoms in total. The van der Waals surface area contributed by atoms with Gasteiger partial charge in [-0.3, -0.25) is 14.5 Å². The maximum atomic E-state index is 12.4. The van der Waals surface area contributed by atoms with Gasteiger partial charge in [0.15, 0.2) is 0 Å². The predicted molar refractivity (Wildman–Crippen MR) is 250 cm³/mol. The van der Waals surface area contributed by atoms with Crippen LogP contribution in [0.3, 0.4) is 0 Å². The first-order valence-corrected chi connectivity index (χ1v) is 26.2. The quantitative estimate of drug-likeness (QED) is 0.0447. The molecule has 0 N–H and O–H groups in total. The van der Waals surface area contributed by atoms with Gasteiger partial charge in [0.25, 0.3) is 0 Å². The number of hydrogen-bond donors (Lipinski definition) is 0. The fourth-order valence-corrected chi connectivity index (χ4v) is 8.76. The van der Waals surface area contributed by atoms with Crippen LogP contribution < -0.4 is 0 Å². The molecule has 0 bridgehead atoms. The van der Waals surface area contributed by atoms with E-state index in [0.717, 1.165) is 97.2 Å². The molecule has 0 radical (unpaired) electrons. The first kappa shape index (κ1) is 55.8. The van der Waals surface area contributed by atoms with E-state index in [1.54, 1.807) is 0 Å². The molecule has 1 heterocycles. The molecule has 59 heavy (non-hydrogen) atoms. The number of hydrogen-bond acceptors (Lipinski definition) is 7. The van der Waals surface area contributed by atoms with Gasteiger partial charge >= 0.3 is 11.9 Å². The molecule has 1 rings (SSSR count). The van der Waals surface area contributed by atoms with Crippen molar-refractivity contribution < 1.29 is 28.5 Å². The van der Waals surface area contributed by atoms with Gasteiger partial charge in [-0.2, -0.15) is 0 Å². The van der Waals surface area contributed by atoms with Crippen LogP contribution in [0.25, 0.3) is 0 Å². The van der Waals surface area contributed by atoms with Crippen molar-refractivity contribution in [1.29, 1.82) is 0 Å². The maximum Gasteiger partial charge on any atom is 0.305 e. The molecular formula is C52H101NO6. The highest BCUT2D eigenvalue weighted by atomic mass is 16.5. The van der Waals surface area contributed by atoms with E-state index in [2.05, 4.69) is 32.6 Å². The standard InChI is InChI=1S/C52H101NO6/c1-5-9-20-30-48(31-21-10-6-2)38-44-58-51(54)36-26-18-14-13-16-24-34-50(57-43-29-28-40-53-41-46-56-47-42-53)35-25-17-15-19-27-37-52(55)59-45-39-49(32-22-11-7-3)33-23-12-8-4/h48-50H,5-47H2,1-4H3. The average molecular weight is 836 g/mol. The Kier molecular flexibility index (Phi) is 41.1. The highest BCUT2D eigenvalue weighted by Crippen LogP contribution is 2.23. The van der Waals surface area contributed by atoms with Crippen LogP contribution in [0.4, 0.5) is 0 Å². The molecule has 1 unspecified atom stereocenters. The van der Waals surface area contributed by atoms with Gasteiger partial charge in [-0.25, -0.2) is 0 Å². The second-order valence-electron chi connectivity index (χ2n) is 18.4. The van der Waals surface area contributed by atoms with E-state index in [9.17, 15) is 9.59 Å². The van der Waals surface area contributed by atoms with E-state index in [1.165, 1.54) is 154 Å². The minimum absolute atomic E-state index is 0.000318. The van der Waals surface area contributed by atoms with Crippen molar-refractivity contribution >= 4 is 11.9 Å². The van der Waals surface area contributed by atoms with Gasteiger partial charge in [0.05, 0.1) is 32.5 Å². The molecule has 1 atom stereocenters. The van der Waals surface area contributed by atoms with Crippen LogP contribution in [0, 0.1) is 11.8 Å². The predicted octanol–water partition coefficient (Wildman–Crippen LogP) is 14.8. The van der Waals surface area contributed by atoms with Crippen molar-refractivity contribution in [3.63, 3.8) is 0 Å². The van der Waals surface area contributed by atoms with Gasteiger partial charge in [0.2, 0.25) is 0 Å². The van der Waals surface area contributed by atoms with Crippen LogP contribution in [-0.2, 0) is 28.5 Å². The fraction of sp³-hybridized carbons (Fsp3) is 0.962. The van der Waals surface area contributed by atoms with Crippen molar-refractivity contribution in [2.75, 3.05) is 52.7 Å². The Morgan fingerprint density at radius 3 is 1.25 bits per heavy atom. The summed E-state index contributed by atoms with van der Waals surface area (Å²) in [6, 6.07) is 0. The van der Waals surface area contributed by atoms with E-state index in [4.69, 9.17) is 18.9 Å². The topological polar surface area (TPSA) is 74.3 Å². The summed E-state index contributed by atoms with van der Waals surface area (Å²) in [6.07, 6.45) is 41.5. The monoisotopic (exact) mass is 836 g/mol. The summed E-state index contributed by atoms with van der Waals surface area (Å²) < 4.78 is 23.4. The van der Waals surface area contributed by atoms with E-state index < -0.39 is 0 Å². The zero-order valence-electron chi connectivity index (χ0n) is 40.0. The molecule has 0 aromatic carbocycles. The normalized spacial score (nSPS) is 14.1. The number of ether oxygens (including phenoxy) is 4. The lowest BCUT2D eigenvalue weighted by atomic mass is 9.92. The minimum atomic E-state index is 0.000318. The van der Waals surface area contributed by atoms with Crippen molar-refractivity contribution in [2.24, 2.45) is 11.8 Å². The molecule has 0 saturated carbocycles. The summed E-state index contributed by atoms with van der Waals surface area (Å²) >= 11 is 0. The van der Waals surface area contributed by atoms with Crippen molar-refractivity contribution in [2.45, 2.75) is 259 Å². The van der Waals surface area contributed by atoms with Gasteiger partial charge in [-0.1, -0.05) is 188 Å². The number of esters is 2. The fourth-order valence-electron chi connectivity index (χ4n) is 8.76. The summed E-state index contributed by atoms with van der Waals surface area (Å²) in [4.78, 5) is 27.4. The lowest BCUT2D eigenvalue weighted by molar-refractivity contribution is -0.145. The van der Waals surface area contributed by atoms with Crippen LogP contribution in [0.15, 0.2) is 0 Å². The third-order valence-electron chi connectivity index (χ3n) is 12.8. The van der Waals surface area contributed by atoms with E-state index >= 15 is 0 Å². The first-order valence-electron chi connectivity index (χ1n) is 26.2. The van der Waals surface area contributed by atoms with Crippen LogP contribution in [-0.4, -0.2) is 75.6 Å². The van der Waals surface area contributed by atoms with Crippen molar-refractivity contribution in [3.05, 3.63) is 0 Å². The number of carbonyl (C=O) groups excluding carboxylic acids is 2. The molecule has 1 aliphatic heterocycles. The SMILES string of the molecule is CCCCCC(CCCCC)CCOC(=O)CCCCCCCCC(CCCCCCCC(=O)OCCC(CCCCC)CCCCC)OCCCCN1CCOCC1. The molecule has 0 spiro atoms. The van der Waals surface area contributed by atoms with Gasteiger partial charge in [0, 0.05) is 32.5 Å². The Balaban J connectivity index is 2.25. The third kappa shape index (κ3) is 37.1. The van der Waals surface area contributed by atoms with E-state index in [-0.39, 0.29) is 11.9 Å². The molecule has 1 saturated heterocycles. The highest BCUT2D eigenvalue weighted by Gasteiger charge is 2.14. The molecule has 0 aromatic heterocycles. The molecular weight excluding hydrogens is 735 g/mol. The summed E-state index contributed by atoms with van der Waals surface area (Å²) in [6.45, 7) is 16.2. The second kappa shape index (κ2) is 43.5. The summed E-state index contributed by atoms with van der Waals surface area (Å²) in [7, 11) is 0. The molecule has 1 fully saturated rings. The molecule has 0 aliphatic carbocycles. The van der Waals surface area contributed by atoms with Gasteiger partial charge < -0.3 is 18.9 Å². The number of unbranched alkanes of at least 4 members (excludes halogenated alkanes) is 18. The molecule has 1 aliphatic rings. The number of carbonyl (C=O) groups is 2. The van der Waals surface area contributed by atoms with Gasteiger partial charge in [0.1, 0.15) is 0 Å². The second-order valence-corrected chi connectivity index (χ2v) is 18.4. The lowest BCUT2D eigenvalue weighted by Crippen LogP contribution is -2.36. The Morgan fingerprint density at radius 2 is 0.831 bits per heavy atom. The van der Waals surface area contributed by atoms with Crippen molar-refractivity contribution in [3.8, 4) is 0 Å². The van der Waals surface area contributed by atoms with Crippen molar-refractivity contribution in [1.82, 2.24) is 4.90 Å². The average Bonchev–Trinajstić information content (AvgIpc) is 3.24. The Labute approximate surface area is 367 Å². The third-order valence-corrected chi connectivity index (χ3v) is 12.8. The Hall–Kier alpha value is -1.18. The van der Waals surface area contributed by atoms with Crippen LogP contribution in [0.2, 0.25) is 0 Å². The Morgan fingerprint density at radius 1 is 0.441 bits per heavy atom. The molecule has 350 valence electrons. The van der Waals surface area contributed by atoms with Crippen LogP contribution in [0.5, 0.6) is 0 Å². The van der Waals surface area contributed by atoms with E-state index in [1.807, 2.05) is 0 Å². The van der Waals surface area contributed by atoms with E-state index in [0.29, 0.717) is 44.0 Å². The van der Waals surface area contributed by atoms with Crippen LogP contribution >= 0.6 is 0 Å².